The topological polar surface area (TPSA) is 72.5 Å². The van der Waals surface area contributed by atoms with Crippen molar-refractivity contribution in [3.8, 4) is 17.3 Å². The largest absolute Gasteiger partial charge is 0.456 e. The van der Waals surface area contributed by atoms with Gasteiger partial charge in [0.2, 0.25) is 0 Å². The fraction of sp³-hybridized carbons (Fsp3) is 0.520. The van der Waals surface area contributed by atoms with E-state index in [1.54, 1.807) is 6.07 Å². The lowest BCUT2D eigenvalue weighted by molar-refractivity contribution is -0.147. The first-order valence-electron chi connectivity index (χ1n) is 12.2. The van der Waals surface area contributed by atoms with Crippen LogP contribution >= 0.6 is 11.6 Å². The van der Waals surface area contributed by atoms with Crippen molar-refractivity contribution >= 4 is 22.8 Å². The van der Waals surface area contributed by atoms with Crippen LogP contribution in [0.3, 0.4) is 0 Å². The van der Waals surface area contributed by atoms with E-state index in [2.05, 4.69) is 15.0 Å². The van der Waals surface area contributed by atoms with Crippen molar-refractivity contribution in [1.29, 1.82) is 0 Å². The standard InChI is InChI=1S/C25H26ClF3N4O3/c26-17-11-18-23(32-24(30-18)36-20-12-35-19-7-10-34-22(19)20)31-21(17)16-3-1-14(2-4-16)15-5-8-33(9-6-15)13-25(27,28)29/h1-4,11,15,19-20,22H,5-10,12-13H2,(H,30,31,32)/t19-,20-,22+/m1/s1. The lowest BCUT2D eigenvalue weighted by Crippen LogP contribution is -2.39. The fourth-order valence-corrected chi connectivity index (χ4v) is 5.68. The smallest absolute Gasteiger partial charge is 0.401 e. The number of nitrogens with one attached hydrogen (secondary N) is 1. The number of hydrogen-bond acceptors (Lipinski definition) is 6. The Hall–Kier alpha value is -2.40. The Morgan fingerprint density at radius 2 is 1.86 bits per heavy atom. The van der Waals surface area contributed by atoms with Gasteiger partial charge in [0.25, 0.3) is 6.01 Å². The summed E-state index contributed by atoms with van der Waals surface area (Å²) in [4.78, 5) is 13.8. The monoisotopic (exact) mass is 522 g/mol. The van der Waals surface area contributed by atoms with Gasteiger partial charge < -0.3 is 19.2 Å². The molecule has 192 valence electrons. The number of halogens is 4. The zero-order valence-corrected chi connectivity index (χ0v) is 20.2. The van der Waals surface area contributed by atoms with E-state index in [0.29, 0.717) is 67.0 Å². The summed E-state index contributed by atoms with van der Waals surface area (Å²) in [6.45, 7) is 1.18. The van der Waals surface area contributed by atoms with Crippen molar-refractivity contribution in [3.63, 3.8) is 0 Å². The van der Waals surface area contributed by atoms with Crippen LogP contribution in [0.2, 0.25) is 5.02 Å². The maximum atomic E-state index is 12.7. The molecule has 3 atom stereocenters. The molecule has 3 aliphatic heterocycles. The molecule has 11 heteroatoms. The second-order valence-corrected chi connectivity index (χ2v) is 10.1. The van der Waals surface area contributed by atoms with Crippen LogP contribution in [0.5, 0.6) is 6.01 Å². The van der Waals surface area contributed by atoms with Crippen LogP contribution in [0.25, 0.3) is 22.4 Å². The number of imidazole rings is 1. The molecule has 0 radical (unpaired) electrons. The van der Waals surface area contributed by atoms with Crippen molar-refractivity contribution in [1.82, 2.24) is 19.9 Å². The second kappa shape index (κ2) is 9.48. The minimum atomic E-state index is -4.15. The normalized spacial score (nSPS) is 25.5. The molecule has 36 heavy (non-hydrogen) atoms. The van der Waals surface area contributed by atoms with Gasteiger partial charge in [0.15, 0.2) is 11.8 Å². The lowest BCUT2D eigenvalue weighted by Gasteiger charge is -2.32. The number of alkyl halides is 3. The molecule has 3 aliphatic rings. The number of nitrogens with zero attached hydrogens (tertiary/aromatic N) is 3. The van der Waals surface area contributed by atoms with Crippen LogP contribution in [0.4, 0.5) is 13.2 Å². The Labute approximate surface area is 210 Å². The number of H-pyrrole nitrogens is 1. The maximum absolute atomic E-state index is 12.7. The fourth-order valence-electron chi connectivity index (χ4n) is 5.42. The molecule has 3 aromatic rings. The Kier molecular flexibility index (Phi) is 6.31. The molecule has 0 bridgehead atoms. The minimum Gasteiger partial charge on any atom is -0.456 e. The molecule has 6 rings (SSSR count). The third-order valence-corrected chi connectivity index (χ3v) is 7.52. The number of rotatable bonds is 5. The van der Waals surface area contributed by atoms with Gasteiger partial charge in [-0.1, -0.05) is 35.9 Å². The third kappa shape index (κ3) is 4.91. The first-order chi connectivity index (χ1) is 17.3. The Bertz CT molecular complexity index is 1230. The summed E-state index contributed by atoms with van der Waals surface area (Å²) in [5.74, 6) is 0.239. The second-order valence-electron chi connectivity index (χ2n) is 9.67. The van der Waals surface area contributed by atoms with E-state index >= 15 is 0 Å². The predicted molar refractivity (Wildman–Crippen MR) is 127 cm³/mol. The van der Waals surface area contributed by atoms with Crippen LogP contribution in [-0.4, -0.2) is 77.2 Å². The highest BCUT2D eigenvalue weighted by molar-refractivity contribution is 6.33. The van der Waals surface area contributed by atoms with Crippen LogP contribution < -0.4 is 4.74 Å². The van der Waals surface area contributed by atoms with Crippen LogP contribution in [0, 0.1) is 0 Å². The molecule has 2 aromatic heterocycles. The van der Waals surface area contributed by atoms with Crippen molar-refractivity contribution in [2.24, 2.45) is 0 Å². The summed E-state index contributed by atoms with van der Waals surface area (Å²) in [5, 5.41) is 0.481. The Morgan fingerprint density at radius 1 is 1.08 bits per heavy atom. The van der Waals surface area contributed by atoms with E-state index in [1.807, 2.05) is 24.3 Å². The van der Waals surface area contributed by atoms with E-state index in [9.17, 15) is 13.2 Å². The number of fused-ring (bicyclic) bond motifs is 2. The van der Waals surface area contributed by atoms with Gasteiger partial charge in [-0.3, -0.25) is 4.90 Å². The average Bonchev–Trinajstić information content (AvgIpc) is 3.55. The number of likely N-dealkylation sites (tertiary alicyclic amines) is 1. The molecule has 0 aliphatic carbocycles. The number of aromatic amines is 1. The van der Waals surface area contributed by atoms with Crippen molar-refractivity contribution < 1.29 is 27.4 Å². The van der Waals surface area contributed by atoms with Gasteiger partial charge in [-0.25, -0.2) is 4.98 Å². The van der Waals surface area contributed by atoms with E-state index in [-0.39, 0.29) is 24.2 Å². The van der Waals surface area contributed by atoms with Gasteiger partial charge in [-0.15, -0.1) is 0 Å². The van der Waals surface area contributed by atoms with Gasteiger partial charge in [0.1, 0.15) is 6.10 Å². The minimum absolute atomic E-state index is 0.0777. The first-order valence-corrected chi connectivity index (χ1v) is 12.6. The SMILES string of the molecule is FC(F)(F)CN1CCC(c2ccc(-c3nc4nc(O[C@@H]5CO[C@@H]6CCO[C@@H]65)[nH]c4cc3Cl)cc2)CC1. The third-order valence-electron chi connectivity index (χ3n) is 7.23. The molecule has 0 amide bonds. The molecule has 1 N–H and O–H groups in total. The summed E-state index contributed by atoms with van der Waals surface area (Å²) in [6.07, 6.45) is -2.09. The highest BCUT2D eigenvalue weighted by Gasteiger charge is 2.43. The molecule has 1 aromatic carbocycles. The highest BCUT2D eigenvalue weighted by Crippen LogP contribution is 2.34. The quantitative estimate of drug-likeness (QED) is 0.511. The van der Waals surface area contributed by atoms with E-state index in [1.165, 1.54) is 4.90 Å². The number of aromatic nitrogens is 3. The number of ether oxygens (including phenoxy) is 3. The lowest BCUT2D eigenvalue weighted by atomic mass is 9.89. The summed E-state index contributed by atoms with van der Waals surface area (Å²) in [7, 11) is 0. The van der Waals surface area contributed by atoms with E-state index < -0.39 is 12.7 Å². The van der Waals surface area contributed by atoms with Gasteiger partial charge in [-0.05, 0) is 49.9 Å². The average molecular weight is 523 g/mol. The van der Waals surface area contributed by atoms with Crippen molar-refractivity contribution in [2.75, 3.05) is 32.8 Å². The number of benzene rings is 1. The molecule has 5 heterocycles. The predicted octanol–water partition coefficient (Wildman–Crippen LogP) is 4.96. The highest BCUT2D eigenvalue weighted by atomic mass is 35.5. The molecular formula is C25H26ClF3N4O3. The molecular weight excluding hydrogens is 497 g/mol. The molecule has 0 saturated carbocycles. The first kappa shape index (κ1) is 24.0. The molecule has 0 unspecified atom stereocenters. The Balaban J connectivity index is 1.14. The molecule has 7 nitrogen and oxygen atoms in total. The Morgan fingerprint density at radius 3 is 2.61 bits per heavy atom. The summed E-state index contributed by atoms with van der Waals surface area (Å²) >= 11 is 6.56. The molecule has 3 saturated heterocycles. The summed E-state index contributed by atoms with van der Waals surface area (Å²) < 4.78 is 55.4. The van der Waals surface area contributed by atoms with Gasteiger partial charge in [0, 0.05) is 12.2 Å². The van der Waals surface area contributed by atoms with Crippen LogP contribution in [-0.2, 0) is 9.47 Å². The van der Waals surface area contributed by atoms with Gasteiger partial charge >= 0.3 is 6.18 Å². The zero-order chi connectivity index (χ0) is 24.9. The zero-order valence-electron chi connectivity index (χ0n) is 19.4. The van der Waals surface area contributed by atoms with E-state index in [0.717, 1.165) is 17.5 Å². The molecule has 3 fully saturated rings. The van der Waals surface area contributed by atoms with Crippen molar-refractivity contribution in [2.45, 2.75) is 49.7 Å². The number of pyridine rings is 1. The van der Waals surface area contributed by atoms with Crippen LogP contribution in [0.15, 0.2) is 30.3 Å². The maximum Gasteiger partial charge on any atom is 0.401 e. The number of piperidine rings is 1. The van der Waals surface area contributed by atoms with E-state index in [4.69, 9.17) is 25.8 Å². The van der Waals surface area contributed by atoms with Crippen molar-refractivity contribution in [3.05, 3.63) is 40.9 Å². The number of hydrogen-bond donors (Lipinski definition) is 1. The summed E-state index contributed by atoms with van der Waals surface area (Å²) in [6, 6.07) is 10.1. The van der Waals surface area contributed by atoms with Gasteiger partial charge in [0.05, 0.1) is 35.5 Å². The summed E-state index contributed by atoms with van der Waals surface area (Å²) in [5.41, 5.74) is 3.73. The molecule has 0 spiro atoms. The van der Waals surface area contributed by atoms with Crippen LogP contribution in [0.1, 0.15) is 30.7 Å². The van der Waals surface area contributed by atoms with Gasteiger partial charge in [-0.2, -0.15) is 18.2 Å².